The third kappa shape index (κ3) is 6.95. The number of carbonyl (C=O) groups is 1. The van der Waals surface area contributed by atoms with Crippen molar-refractivity contribution in [2.75, 3.05) is 32.6 Å². The summed E-state index contributed by atoms with van der Waals surface area (Å²) in [5.41, 5.74) is 2.19. The fourth-order valence-electron chi connectivity index (χ4n) is 3.16. The molecule has 0 amide bonds. The maximum Gasteiger partial charge on any atom is 0.317 e. The van der Waals surface area contributed by atoms with E-state index in [1.54, 1.807) is 31.5 Å². The molecule has 1 atom stereocenters. The molecule has 2 N–H and O–H groups in total. The molecular weight excluding hydrogens is 408 g/mol. The van der Waals surface area contributed by atoms with Gasteiger partial charge in [-0.05, 0) is 50.2 Å². The van der Waals surface area contributed by atoms with Gasteiger partial charge >= 0.3 is 5.97 Å². The number of aryl methyl sites for hydroxylation is 1. The number of aromatic nitrogens is 2. The van der Waals surface area contributed by atoms with Crippen molar-refractivity contribution >= 4 is 11.9 Å². The second-order valence-electron chi connectivity index (χ2n) is 7.55. The van der Waals surface area contributed by atoms with Crippen molar-refractivity contribution in [1.29, 1.82) is 0 Å². The van der Waals surface area contributed by atoms with Crippen LogP contribution in [-0.2, 0) is 4.79 Å². The third-order valence-corrected chi connectivity index (χ3v) is 4.91. The van der Waals surface area contributed by atoms with Gasteiger partial charge in [0.25, 0.3) is 0 Å². The Morgan fingerprint density at radius 2 is 1.66 bits per heavy atom. The van der Waals surface area contributed by atoms with Crippen LogP contribution in [0.3, 0.4) is 0 Å². The van der Waals surface area contributed by atoms with E-state index in [2.05, 4.69) is 15.3 Å². The van der Waals surface area contributed by atoms with Crippen molar-refractivity contribution in [2.45, 2.75) is 19.4 Å². The van der Waals surface area contributed by atoms with Gasteiger partial charge in [0, 0.05) is 6.54 Å². The van der Waals surface area contributed by atoms with E-state index in [9.17, 15) is 4.79 Å². The number of nitrogens with one attached hydrogen (secondary N) is 1. The quantitative estimate of drug-likeness (QED) is 0.463. The number of benzene rings is 2. The lowest BCUT2D eigenvalue weighted by Gasteiger charge is -2.22. The zero-order valence-corrected chi connectivity index (χ0v) is 18.5. The maximum absolute atomic E-state index is 11.0. The minimum absolute atomic E-state index is 0.0170. The van der Waals surface area contributed by atoms with Crippen molar-refractivity contribution in [3.8, 4) is 17.2 Å². The van der Waals surface area contributed by atoms with Crippen LogP contribution < -0.4 is 14.8 Å². The number of carboxylic acid groups (broad SMARTS) is 1. The van der Waals surface area contributed by atoms with E-state index in [-0.39, 0.29) is 12.6 Å². The summed E-state index contributed by atoms with van der Waals surface area (Å²) in [6, 6.07) is 15.4. The van der Waals surface area contributed by atoms with Gasteiger partial charge in [-0.15, -0.1) is 0 Å². The predicted molar refractivity (Wildman–Crippen MR) is 122 cm³/mol. The van der Waals surface area contributed by atoms with Gasteiger partial charge in [0.1, 0.15) is 11.5 Å². The number of hydrogen-bond acceptors (Lipinski definition) is 7. The Kier molecular flexibility index (Phi) is 7.99. The molecule has 0 radical (unpaired) electrons. The SMILES string of the molecule is COc1ccc(C(CCN(C)CC(=O)O)Nc2ncc(Oc3ccc(C)cc3)cn2)cc1. The Hall–Kier alpha value is -3.65. The summed E-state index contributed by atoms with van der Waals surface area (Å²) in [6.45, 7) is 2.59. The van der Waals surface area contributed by atoms with E-state index >= 15 is 0 Å². The minimum atomic E-state index is -0.853. The van der Waals surface area contributed by atoms with Crippen LogP contribution >= 0.6 is 0 Å². The minimum Gasteiger partial charge on any atom is -0.497 e. The molecule has 0 fully saturated rings. The van der Waals surface area contributed by atoms with Crippen molar-refractivity contribution in [3.63, 3.8) is 0 Å². The zero-order valence-electron chi connectivity index (χ0n) is 18.5. The molecule has 0 saturated carbocycles. The molecule has 0 aliphatic heterocycles. The highest BCUT2D eigenvalue weighted by Crippen LogP contribution is 2.25. The lowest BCUT2D eigenvalue weighted by molar-refractivity contribution is -0.138. The Morgan fingerprint density at radius 3 is 2.25 bits per heavy atom. The summed E-state index contributed by atoms with van der Waals surface area (Å²) in [7, 11) is 3.41. The number of likely N-dealkylation sites (N-methyl/N-ethyl adjacent to an activating group) is 1. The van der Waals surface area contributed by atoms with Crippen LogP contribution in [-0.4, -0.2) is 53.2 Å². The van der Waals surface area contributed by atoms with Gasteiger partial charge in [0.05, 0.1) is 32.1 Å². The number of methoxy groups -OCH3 is 1. The van der Waals surface area contributed by atoms with Crippen LogP contribution in [0.5, 0.6) is 17.2 Å². The Labute approximate surface area is 187 Å². The van der Waals surface area contributed by atoms with Crippen LogP contribution in [0.2, 0.25) is 0 Å². The van der Waals surface area contributed by atoms with E-state index < -0.39 is 5.97 Å². The van der Waals surface area contributed by atoms with Crippen LogP contribution in [0.1, 0.15) is 23.6 Å². The largest absolute Gasteiger partial charge is 0.497 e. The number of rotatable bonds is 11. The lowest BCUT2D eigenvalue weighted by Crippen LogP contribution is -2.28. The third-order valence-electron chi connectivity index (χ3n) is 4.91. The normalized spacial score (nSPS) is 11.8. The number of nitrogens with zero attached hydrogens (tertiary/aromatic N) is 3. The van der Waals surface area contributed by atoms with Gasteiger partial charge in [0.2, 0.25) is 5.95 Å². The van der Waals surface area contributed by atoms with Crippen LogP contribution in [0.4, 0.5) is 5.95 Å². The maximum atomic E-state index is 11.0. The van der Waals surface area contributed by atoms with E-state index in [0.29, 0.717) is 24.7 Å². The second kappa shape index (κ2) is 11.1. The van der Waals surface area contributed by atoms with Crippen molar-refractivity contribution in [3.05, 3.63) is 72.1 Å². The van der Waals surface area contributed by atoms with Gasteiger partial charge in [-0.3, -0.25) is 9.69 Å². The topological polar surface area (TPSA) is 96.8 Å². The summed E-state index contributed by atoms with van der Waals surface area (Å²) in [5, 5.41) is 12.3. The Bertz CT molecular complexity index is 992. The smallest absolute Gasteiger partial charge is 0.317 e. The molecular formula is C24H28N4O4. The molecule has 3 rings (SSSR count). The van der Waals surface area contributed by atoms with Gasteiger partial charge in [-0.2, -0.15) is 0 Å². The van der Waals surface area contributed by atoms with Crippen molar-refractivity contribution in [2.24, 2.45) is 0 Å². The monoisotopic (exact) mass is 436 g/mol. The molecule has 1 aromatic heterocycles. The first-order valence-electron chi connectivity index (χ1n) is 10.3. The first-order chi connectivity index (χ1) is 15.4. The number of carboxylic acids is 1. The van der Waals surface area contributed by atoms with E-state index in [1.807, 2.05) is 55.5 Å². The first kappa shape index (κ1) is 23.0. The van der Waals surface area contributed by atoms with Crippen molar-refractivity contribution in [1.82, 2.24) is 14.9 Å². The summed E-state index contributed by atoms with van der Waals surface area (Å²) in [5.74, 6) is 1.64. The Morgan fingerprint density at radius 1 is 1.03 bits per heavy atom. The average molecular weight is 437 g/mol. The molecule has 8 nitrogen and oxygen atoms in total. The van der Waals surface area contributed by atoms with Gasteiger partial charge in [0.15, 0.2) is 5.75 Å². The number of hydrogen-bond donors (Lipinski definition) is 2. The summed E-state index contributed by atoms with van der Waals surface area (Å²) < 4.78 is 11.0. The molecule has 3 aromatic rings. The predicted octanol–water partition coefficient (Wildman–Crippen LogP) is 4.15. The molecule has 32 heavy (non-hydrogen) atoms. The summed E-state index contributed by atoms with van der Waals surface area (Å²) >= 11 is 0. The van der Waals surface area contributed by atoms with Crippen LogP contribution in [0.25, 0.3) is 0 Å². The lowest BCUT2D eigenvalue weighted by atomic mass is 10.0. The van der Waals surface area contributed by atoms with Gasteiger partial charge in [-0.1, -0.05) is 29.8 Å². The number of anilines is 1. The first-order valence-corrected chi connectivity index (χ1v) is 10.3. The fourth-order valence-corrected chi connectivity index (χ4v) is 3.16. The van der Waals surface area contributed by atoms with Crippen LogP contribution in [0, 0.1) is 6.92 Å². The average Bonchev–Trinajstić information content (AvgIpc) is 2.79. The Balaban J connectivity index is 1.69. The van der Waals surface area contributed by atoms with E-state index in [0.717, 1.165) is 22.6 Å². The molecule has 0 saturated heterocycles. The second-order valence-corrected chi connectivity index (χ2v) is 7.55. The van der Waals surface area contributed by atoms with Gasteiger partial charge < -0.3 is 19.9 Å². The van der Waals surface area contributed by atoms with Crippen molar-refractivity contribution < 1.29 is 19.4 Å². The number of ether oxygens (including phenoxy) is 2. The molecule has 1 unspecified atom stereocenters. The highest BCUT2D eigenvalue weighted by atomic mass is 16.5. The molecule has 0 bridgehead atoms. The summed E-state index contributed by atoms with van der Waals surface area (Å²) in [4.78, 5) is 21.5. The molecule has 0 spiro atoms. The molecule has 0 aliphatic rings. The zero-order chi connectivity index (χ0) is 22.9. The summed E-state index contributed by atoms with van der Waals surface area (Å²) in [6.07, 6.45) is 3.91. The molecule has 8 heteroatoms. The number of aliphatic carboxylic acids is 1. The molecule has 168 valence electrons. The molecule has 1 heterocycles. The highest BCUT2D eigenvalue weighted by Gasteiger charge is 2.15. The standard InChI is InChI=1S/C24H28N4O4/c1-17-4-8-20(9-5-17)32-21-14-25-24(26-15-21)27-22(12-13-28(2)16-23(29)30)18-6-10-19(31-3)11-7-18/h4-11,14-15,22H,12-13,16H2,1-3H3,(H,29,30)(H,25,26,27). The van der Waals surface area contributed by atoms with E-state index in [4.69, 9.17) is 14.6 Å². The fraction of sp³-hybridized carbons (Fsp3) is 0.292. The molecule has 0 aliphatic carbocycles. The molecule has 2 aromatic carbocycles. The van der Waals surface area contributed by atoms with Crippen LogP contribution in [0.15, 0.2) is 60.9 Å². The van der Waals surface area contributed by atoms with Gasteiger partial charge in [-0.25, -0.2) is 9.97 Å². The highest BCUT2D eigenvalue weighted by molar-refractivity contribution is 5.69. The van der Waals surface area contributed by atoms with E-state index in [1.165, 1.54) is 0 Å².